The monoisotopic (exact) mass is 434 g/mol. The molecule has 1 fully saturated rings. The van der Waals surface area contributed by atoms with Crippen molar-refractivity contribution in [1.82, 2.24) is 19.4 Å². The molecule has 2 heterocycles. The summed E-state index contributed by atoms with van der Waals surface area (Å²) in [5, 5.41) is 3.19. The molecule has 1 N–H and O–H groups in total. The van der Waals surface area contributed by atoms with Gasteiger partial charge in [-0.2, -0.15) is 0 Å². The van der Waals surface area contributed by atoms with E-state index in [1.54, 1.807) is 0 Å². The Hall–Kier alpha value is -2.56. The maximum absolute atomic E-state index is 13.0. The number of benzene rings is 1. The molecule has 0 radical (unpaired) electrons. The number of imidazole rings is 1. The summed E-state index contributed by atoms with van der Waals surface area (Å²) in [6.45, 7) is 7.72. The van der Waals surface area contributed by atoms with Crippen LogP contribution in [0.3, 0.4) is 0 Å². The van der Waals surface area contributed by atoms with E-state index in [0.717, 1.165) is 48.5 Å². The first-order chi connectivity index (χ1) is 15.3. The molecule has 1 saturated carbocycles. The fraction of sp³-hybridized carbons (Fsp3) is 0.556. The lowest BCUT2D eigenvalue weighted by Crippen LogP contribution is -2.43. The number of nitrogens with one attached hydrogen (secondary N) is 1. The molecule has 4 rings (SSSR count). The Morgan fingerprint density at radius 1 is 1.12 bits per heavy atom. The van der Waals surface area contributed by atoms with E-state index >= 15 is 0 Å². The van der Waals surface area contributed by atoms with Gasteiger partial charge in [0.05, 0.1) is 23.0 Å². The molecule has 0 saturated heterocycles. The van der Waals surface area contributed by atoms with Crippen molar-refractivity contribution in [3.63, 3.8) is 0 Å². The Morgan fingerprint density at radius 3 is 2.47 bits per heavy atom. The Bertz CT molecular complexity index is 1030. The molecule has 1 aromatic carbocycles. The molecule has 0 atom stereocenters. The zero-order valence-electron chi connectivity index (χ0n) is 20.1. The van der Waals surface area contributed by atoms with Gasteiger partial charge in [-0.1, -0.05) is 32.9 Å². The zero-order valence-corrected chi connectivity index (χ0v) is 20.1. The van der Waals surface area contributed by atoms with Gasteiger partial charge in [0.1, 0.15) is 5.82 Å². The number of hydrogen-bond acceptors (Lipinski definition) is 2. The average molecular weight is 435 g/mol. The number of aryl methyl sites for hydroxylation is 2. The topological polar surface area (TPSA) is 51.9 Å². The summed E-state index contributed by atoms with van der Waals surface area (Å²) in [5.74, 6) is 1.96. The van der Waals surface area contributed by atoms with Crippen LogP contribution >= 0.6 is 0 Å². The van der Waals surface area contributed by atoms with Gasteiger partial charge in [-0.05, 0) is 67.7 Å². The van der Waals surface area contributed by atoms with Gasteiger partial charge in [-0.15, -0.1) is 0 Å². The third-order valence-electron chi connectivity index (χ3n) is 7.56. The minimum Gasteiger partial charge on any atom is -0.356 e. The molecule has 0 unspecified atom stereocenters. The van der Waals surface area contributed by atoms with E-state index in [-0.39, 0.29) is 11.4 Å². The van der Waals surface area contributed by atoms with Crippen molar-refractivity contribution in [2.24, 2.45) is 18.4 Å². The first-order valence-corrected chi connectivity index (χ1v) is 12.1. The van der Waals surface area contributed by atoms with E-state index in [0.29, 0.717) is 18.4 Å². The Morgan fingerprint density at radius 2 is 1.81 bits per heavy atom. The number of aromatic nitrogens is 3. The van der Waals surface area contributed by atoms with Crippen LogP contribution in [-0.2, 0) is 23.8 Å². The van der Waals surface area contributed by atoms with Gasteiger partial charge in [-0.25, -0.2) is 4.98 Å². The number of hydrogen-bond donors (Lipinski definition) is 1. The summed E-state index contributed by atoms with van der Waals surface area (Å²) in [5.41, 5.74) is 2.44. The normalized spacial score (nSPS) is 21.7. The van der Waals surface area contributed by atoms with Crippen molar-refractivity contribution in [3.05, 3.63) is 54.6 Å². The van der Waals surface area contributed by atoms with Crippen LogP contribution in [0.2, 0.25) is 0 Å². The predicted molar refractivity (Wildman–Crippen MR) is 130 cm³/mol. The average Bonchev–Trinajstić information content (AvgIpc) is 3.40. The number of nitrogens with zero attached hydrogens (tertiary/aromatic N) is 3. The Kier molecular flexibility index (Phi) is 6.45. The number of rotatable bonds is 7. The third kappa shape index (κ3) is 4.77. The highest BCUT2D eigenvalue weighted by Crippen LogP contribution is 2.46. The molecular formula is C27H38N4O. The molecule has 1 aliphatic carbocycles. The quantitative estimate of drug-likeness (QED) is 0.503. The SMILES string of the molecule is Cn1c(CCCNC(=O)CC2(n3cccc3)CCC(C(C)(C)C)CC2)nc2ccccc21. The first-order valence-electron chi connectivity index (χ1n) is 12.1. The van der Waals surface area contributed by atoms with Crippen molar-refractivity contribution in [2.75, 3.05) is 6.54 Å². The van der Waals surface area contributed by atoms with Crippen molar-refractivity contribution < 1.29 is 4.79 Å². The number of amides is 1. The standard InChI is InChI=1S/C27H38N4O/c1-26(2,3)21-13-15-27(16-14-21,31-18-7-8-19-31)20-25(32)28-17-9-12-24-29-22-10-5-6-11-23(22)30(24)4/h5-8,10-11,18-19,21H,9,12-17,20H2,1-4H3,(H,28,32). The maximum atomic E-state index is 13.0. The summed E-state index contributed by atoms with van der Waals surface area (Å²) in [7, 11) is 2.07. The van der Waals surface area contributed by atoms with Crippen LogP contribution in [-0.4, -0.2) is 26.6 Å². The molecular weight excluding hydrogens is 396 g/mol. The third-order valence-corrected chi connectivity index (χ3v) is 7.56. The minimum absolute atomic E-state index is 0.0905. The fourth-order valence-electron chi connectivity index (χ4n) is 5.45. The van der Waals surface area contributed by atoms with Crippen molar-refractivity contribution >= 4 is 16.9 Å². The molecule has 0 spiro atoms. The molecule has 172 valence electrons. The molecule has 0 aliphatic heterocycles. The lowest BCUT2D eigenvalue weighted by atomic mass is 9.66. The van der Waals surface area contributed by atoms with E-state index in [1.165, 1.54) is 12.8 Å². The van der Waals surface area contributed by atoms with Crippen molar-refractivity contribution in [1.29, 1.82) is 0 Å². The van der Waals surface area contributed by atoms with Crippen LogP contribution in [0.15, 0.2) is 48.8 Å². The van der Waals surface area contributed by atoms with E-state index in [9.17, 15) is 4.79 Å². The highest BCUT2D eigenvalue weighted by atomic mass is 16.1. The van der Waals surface area contributed by atoms with Crippen LogP contribution < -0.4 is 5.32 Å². The molecule has 1 aliphatic rings. The van der Waals surface area contributed by atoms with Crippen LogP contribution in [0, 0.1) is 11.3 Å². The van der Waals surface area contributed by atoms with Crippen molar-refractivity contribution in [3.8, 4) is 0 Å². The summed E-state index contributed by atoms with van der Waals surface area (Å²) in [6.07, 6.45) is 11.1. The van der Waals surface area contributed by atoms with Gasteiger partial charge < -0.3 is 14.5 Å². The molecule has 32 heavy (non-hydrogen) atoms. The second kappa shape index (κ2) is 9.13. The van der Waals surface area contributed by atoms with E-state index in [1.807, 2.05) is 12.1 Å². The van der Waals surface area contributed by atoms with Crippen LogP contribution in [0.1, 0.15) is 65.1 Å². The number of para-hydroxylation sites is 2. The summed E-state index contributed by atoms with van der Waals surface area (Å²) in [6, 6.07) is 12.4. The molecule has 1 amide bonds. The second-order valence-corrected chi connectivity index (χ2v) is 10.7. The predicted octanol–water partition coefficient (Wildman–Crippen LogP) is 5.45. The summed E-state index contributed by atoms with van der Waals surface area (Å²) in [4.78, 5) is 17.7. The van der Waals surface area contributed by atoms with E-state index < -0.39 is 0 Å². The van der Waals surface area contributed by atoms with Gasteiger partial charge in [0.25, 0.3) is 0 Å². The second-order valence-electron chi connectivity index (χ2n) is 10.7. The van der Waals surface area contributed by atoms with E-state index in [4.69, 9.17) is 4.98 Å². The number of fused-ring (bicyclic) bond motifs is 1. The largest absolute Gasteiger partial charge is 0.356 e. The van der Waals surface area contributed by atoms with Crippen LogP contribution in [0.5, 0.6) is 0 Å². The highest BCUT2D eigenvalue weighted by molar-refractivity contribution is 5.77. The maximum Gasteiger partial charge on any atom is 0.222 e. The molecule has 0 bridgehead atoms. The van der Waals surface area contributed by atoms with Gasteiger partial charge >= 0.3 is 0 Å². The van der Waals surface area contributed by atoms with Gasteiger partial charge in [0.2, 0.25) is 5.91 Å². The van der Waals surface area contributed by atoms with Crippen LogP contribution in [0.4, 0.5) is 0 Å². The number of carbonyl (C=O) groups excluding carboxylic acids is 1. The van der Waals surface area contributed by atoms with E-state index in [2.05, 4.69) is 78.9 Å². The molecule has 2 aromatic heterocycles. The highest BCUT2D eigenvalue weighted by Gasteiger charge is 2.40. The molecule has 3 aromatic rings. The van der Waals surface area contributed by atoms with Crippen molar-refractivity contribution in [2.45, 2.75) is 71.3 Å². The summed E-state index contributed by atoms with van der Waals surface area (Å²) < 4.78 is 4.46. The Balaban J connectivity index is 1.32. The number of carbonyl (C=O) groups is 1. The first kappa shape index (κ1) is 22.6. The minimum atomic E-state index is -0.0905. The van der Waals surface area contributed by atoms with Gasteiger partial charge in [0.15, 0.2) is 0 Å². The summed E-state index contributed by atoms with van der Waals surface area (Å²) >= 11 is 0. The fourth-order valence-corrected chi connectivity index (χ4v) is 5.45. The van der Waals surface area contributed by atoms with Crippen LogP contribution in [0.25, 0.3) is 11.0 Å². The molecule has 5 heteroatoms. The smallest absolute Gasteiger partial charge is 0.222 e. The van der Waals surface area contributed by atoms with Gasteiger partial charge in [0, 0.05) is 32.4 Å². The lowest BCUT2D eigenvalue weighted by molar-refractivity contribution is -0.124. The molecule has 5 nitrogen and oxygen atoms in total. The lowest BCUT2D eigenvalue weighted by Gasteiger charge is -2.45. The van der Waals surface area contributed by atoms with Gasteiger partial charge in [-0.3, -0.25) is 4.79 Å². The zero-order chi connectivity index (χ0) is 22.8. The Labute approximate surface area is 192 Å².